The highest BCUT2D eigenvalue weighted by atomic mass is 16.1. The van der Waals surface area contributed by atoms with E-state index in [1.807, 2.05) is 0 Å². The molecule has 1 atom stereocenters. The molecule has 0 spiro atoms. The quantitative estimate of drug-likeness (QED) is 0.692. The molecule has 1 heterocycles. The molecule has 1 rings (SSSR count). The molecule has 0 amide bonds. The van der Waals surface area contributed by atoms with Gasteiger partial charge in [-0.3, -0.25) is 4.79 Å². The Morgan fingerprint density at radius 1 is 1.43 bits per heavy atom. The molecule has 0 radical (unpaired) electrons. The van der Waals surface area contributed by atoms with E-state index >= 15 is 0 Å². The van der Waals surface area contributed by atoms with E-state index in [-0.39, 0.29) is 0 Å². The van der Waals surface area contributed by atoms with Gasteiger partial charge >= 0.3 is 0 Å². The summed E-state index contributed by atoms with van der Waals surface area (Å²) < 4.78 is 0. The average Bonchev–Trinajstić information content (AvgIpc) is 2.47. The maximum absolute atomic E-state index is 10.9. The minimum absolute atomic E-state index is 0.309. The Kier molecular flexibility index (Phi) is 3.71. The predicted octanol–water partition coefficient (Wildman–Crippen LogP) is 2.33. The van der Waals surface area contributed by atoms with E-state index in [4.69, 9.17) is 0 Å². The Morgan fingerprint density at radius 3 is 2.50 bits per heavy atom. The first kappa shape index (κ1) is 11.7. The minimum Gasteiger partial charge on any atom is -0.303 e. The number of ketones is 1. The zero-order valence-electron chi connectivity index (χ0n) is 9.97. The summed E-state index contributed by atoms with van der Waals surface area (Å²) >= 11 is 0. The van der Waals surface area contributed by atoms with Crippen molar-refractivity contribution in [3.63, 3.8) is 0 Å². The van der Waals surface area contributed by atoms with Crippen LogP contribution in [-0.2, 0) is 4.79 Å². The van der Waals surface area contributed by atoms with Gasteiger partial charge in [0.2, 0.25) is 0 Å². The van der Waals surface area contributed by atoms with Crippen LogP contribution in [0.15, 0.2) is 0 Å². The number of hydrogen-bond acceptors (Lipinski definition) is 2. The van der Waals surface area contributed by atoms with Gasteiger partial charge in [0.25, 0.3) is 0 Å². The summed E-state index contributed by atoms with van der Waals surface area (Å²) in [7, 11) is 0. The monoisotopic (exact) mass is 197 g/mol. The average molecular weight is 197 g/mol. The lowest BCUT2D eigenvalue weighted by Crippen LogP contribution is -2.27. The summed E-state index contributed by atoms with van der Waals surface area (Å²) in [5.74, 6) is 1.11. The van der Waals surface area contributed by atoms with Gasteiger partial charge in [-0.15, -0.1) is 0 Å². The molecule has 1 aliphatic rings. The number of nitrogens with zero attached hydrogens (tertiary/aromatic N) is 1. The maximum Gasteiger partial charge on any atom is 0.131 e. The van der Waals surface area contributed by atoms with Crippen molar-refractivity contribution in [2.75, 3.05) is 19.6 Å². The molecule has 14 heavy (non-hydrogen) atoms. The molecule has 0 aliphatic carbocycles. The third kappa shape index (κ3) is 3.41. The Labute approximate surface area is 87.7 Å². The zero-order valence-corrected chi connectivity index (χ0v) is 9.97. The standard InChI is InChI=1S/C12H23NO/c1-10(14)5-7-13-8-6-11(9-13)12(2,3)4/h11H,5-9H2,1-4H3. The molecule has 0 bridgehead atoms. The fourth-order valence-corrected chi connectivity index (χ4v) is 2.06. The second-order valence-corrected chi connectivity index (χ2v) is 5.60. The van der Waals surface area contributed by atoms with Gasteiger partial charge in [0, 0.05) is 19.5 Å². The second-order valence-electron chi connectivity index (χ2n) is 5.60. The maximum atomic E-state index is 10.9. The summed E-state index contributed by atoms with van der Waals surface area (Å²) in [6.45, 7) is 11.9. The van der Waals surface area contributed by atoms with Crippen molar-refractivity contribution in [2.45, 2.75) is 40.5 Å². The van der Waals surface area contributed by atoms with Crippen LogP contribution in [0.1, 0.15) is 40.5 Å². The smallest absolute Gasteiger partial charge is 0.131 e. The molecule has 2 nitrogen and oxygen atoms in total. The van der Waals surface area contributed by atoms with Crippen LogP contribution in [-0.4, -0.2) is 30.3 Å². The van der Waals surface area contributed by atoms with Crippen LogP contribution in [0.2, 0.25) is 0 Å². The number of hydrogen-bond donors (Lipinski definition) is 0. The summed E-state index contributed by atoms with van der Waals surface area (Å²) in [5.41, 5.74) is 0.422. The molecule has 0 aromatic heterocycles. The van der Waals surface area contributed by atoms with Crippen LogP contribution >= 0.6 is 0 Å². The number of likely N-dealkylation sites (tertiary alicyclic amines) is 1. The van der Waals surface area contributed by atoms with E-state index in [2.05, 4.69) is 25.7 Å². The highest BCUT2D eigenvalue weighted by Crippen LogP contribution is 2.33. The molecule has 0 saturated carbocycles. The SMILES string of the molecule is CC(=O)CCN1CCC(C(C)(C)C)C1. The van der Waals surface area contributed by atoms with Crippen LogP contribution in [0.4, 0.5) is 0 Å². The Bertz CT molecular complexity index is 205. The van der Waals surface area contributed by atoms with E-state index in [0.29, 0.717) is 11.2 Å². The zero-order chi connectivity index (χ0) is 10.8. The van der Waals surface area contributed by atoms with Crippen molar-refractivity contribution in [3.05, 3.63) is 0 Å². The minimum atomic E-state index is 0.309. The third-order valence-corrected chi connectivity index (χ3v) is 3.28. The molecule has 1 aliphatic heterocycles. The molecular formula is C12H23NO. The molecule has 82 valence electrons. The fraction of sp³-hybridized carbons (Fsp3) is 0.917. The van der Waals surface area contributed by atoms with Crippen molar-refractivity contribution in [2.24, 2.45) is 11.3 Å². The fourth-order valence-electron chi connectivity index (χ4n) is 2.06. The van der Waals surface area contributed by atoms with Gasteiger partial charge in [0.15, 0.2) is 0 Å². The van der Waals surface area contributed by atoms with Crippen molar-refractivity contribution >= 4 is 5.78 Å². The topological polar surface area (TPSA) is 20.3 Å². The Morgan fingerprint density at radius 2 is 2.07 bits per heavy atom. The Hall–Kier alpha value is -0.370. The summed E-state index contributed by atoms with van der Waals surface area (Å²) in [6.07, 6.45) is 2.01. The van der Waals surface area contributed by atoms with Gasteiger partial charge in [-0.1, -0.05) is 20.8 Å². The number of rotatable bonds is 3. The first-order valence-electron chi connectivity index (χ1n) is 5.61. The first-order chi connectivity index (χ1) is 6.39. The van der Waals surface area contributed by atoms with Gasteiger partial charge in [0.05, 0.1) is 0 Å². The molecule has 1 fully saturated rings. The molecule has 1 unspecified atom stereocenters. The number of carbonyl (C=O) groups excluding carboxylic acids is 1. The molecular weight excluding hydrogens is 174 g/mol. The lowest BCUT2D eigenvalue weighted by atomic mass is 9.80. The van der Waals surface area contributed by atoms with Crippen LogP contribution in [0.3, 0.4) is 0 Å². The molecule has 0 aromatic rings. The van der Waals surface area contributed by atoms with Crippen molar-refractivity contribution < 1.29 is 4.79 Å². The normalized spacial score (nSPS) is 24.1. The van der Waals surface area contributed by atoms with Crippen molar-refractivity contribution in [1.82, 2.24) is 4.90 Å². The van der Waals surface area contributed by atoms with Crippen LogP contribution in [0.25, 0.3) is 0 Å². The third-order valence-electron chi connectivity index (χ3n) is 3.28. The lowest BCUT2D eigenvalue weighted by molar-refractivity contribution is -0.117. The van der Waals surface area contributed by atoms with Gasteiger partial charge in [0.1, 0.15) is 5.78 Å². The van der Waals surface area contributed by atoms with Crippen LogP contribution < -0.4 is 0 Å². The summed E-state index contributed by atoms with van der Waals surface area (Å²) in [6, 6.07) is 0. The number of Topliss-reactive ketones (excluding diaryl/α,β-unsaturated/α-hetero) is 1. The van der Waals surface area contributed by atoms with E-state index < -0.39 is 0 Å². The summed E-state index contributed by atoms with van der Waals surface area (Å²) in [4.78, 5) is 13.3. The van der Waals surface area contributed by atoms with E-state index in [1.54, 1.807) is 6.92 Å². The highest BCUT2D eigenvalue weighted by Gasteiger charge is 2.31. The van der Waals surface area contributed by atoms with Crippen LogP contribution in [0, 0.1) is 11.3 Å². The van der Waals surface area contributed by atoms with E-state index in [9.17, 15) is 4.79 Å². The van der Waals surface area contributed by atoms with Gasteiger partial charge in [-0.05, 0) is 31.2 Å². The van der Waals surface area contributed by atoms with Gasteiger partial charge in [-0.2, -0.15) is 0 Å². The molecule has 1 saturated heterocycles. The summed E-state index contributed by atoms with van der Waals surface area (Å²) in [5, 5.41) is 0. The van der Waals surface area contributed by atoms with Crippen LogP contribution in [0.5, 0.6) is 0 Å². The second kappa shape index (κ2) is 4.43. The highest BCUT2D eigenvalue weighted by molar-refractivity contribution is 5.75. The van der Waals surface area contributed by atoms with Gasteiger partial charge < -0.3 is 4.90 Å². The van der Waals surface area contributed by atoms with E-state index in [1.165, 1.54) is 19.5 Å². The molecule has 2 heteroatoms. The largest absolute Gasteiger partial charge is 0.303 e. The lowest BCUT2D eigenvalue weighted by Gasteiger charge is -2.27. The first-order valence-corrected chi connectivity index (χ1v) is 5.61. The predicted molar refractivity (Wildman–Crippen MR) is 59.3 cm³/mol. The van der Waals surface area contributed by atoms with E-state index in [0.717, 1.165) is 18.9 Å². The van der Waals surface area contributed by atoms with Gasteiger partial charge in [-0.25, -0.2) is 0 Å². The molecule has 0 aromatic carbocycles. The van der Waals surface area contributed by atoms with Crippen molar-refractivity contribution in [3.8, 4) is 0 Å². The Balaban J connectivity index is 2.31. The molecule has 0 N–H and O–H groups in total. The number of carbonyl (C=O) groups is 1. The van der Waals surface area contributed by atoms with Crippen molar-refractivity contribution in [1.29, 1.82) is 0 Å².